The van der Waals surface area contributed by atoms with Gasteiger partial charge in [0.25, 0.3) is 0 Å². The maximum Gasteiger partial charge on any atom is 0.368 e. The number of aryl methyl sites for hydroxylation is 2. The average Bonchev–Trinajstić information content (AvgIpc) is 3.11. The van der Waals surface area contributed by atoms with Gasteiger partial charge in [-0.3, -0.25) is 0 Å². The highest BCUT2D eigenvalue weighted by molar-refractivity contribution is 6.79. The Hall–Kier alpha value is -4.94. The number of anilines is 6. The van der Waals surface area contributed by atoms with E-state index in [2.05, 4.69) is 176 Å². The second-order valence-electron chi connectivity index (χ2n) is 11.7. The van der Waals surface area contributed by atoms with Crippen molar-refractivity contribution in [3.8, 4) is 11.1 Å². The van der Waals surface area contributed by atoms with Gasteiger partial charge >= 0.3 is 8.56 Å². The van der Waals surface area contributed by atoms with Crippen LogP contribution in [0.5, 0.6) is 0 Å². The van der Waals surface area contributed by atoms with E-state index in [-0.39, 0.29) is 0 Å². The minimum absolute atomic E-state index is 1.07. The Morgan fingerprint density at radius 3 is 1.04 bits per heavy atom. The van der Waals surface area contributed by atoms with Gasteiger partial charge in [0.2, 0.25) is 0 Å². The lowest BCUT2D eigenvalue weighted by Gasteiger charge is -2.27. The first-order valence-corrected chi connectivity index (χ1v) is 17.9. The van der Waals surface area contributed by atoms with Gasteiger partial charge in [-0.25, -0.2) is 0 Å². The number of benzene rings is 6. The van der Waals surface area contributed by atoms with E-state index in [1.807, 2.05) is 6.07 Å². The van der Waals surface area contributed by atoms with Crippen LogP contribution in [0.2, 0.25) is 6.55 Å². The molecule has 0 saturated heterocycles. The molecule has 0 aliphatic heterocycles. The van der Waals surface area contributed by atoms with Crippen LogP contribution >= 0.6 is 0 Å². The van der Waals surface area contributed by atoms with Gasteiger partial charge in [0.1, 0.15) is 0 Å². The number of hydrogen-bond donors (Lipinski definition) is 0. The highest BCUT2D eigenvalue weighted by atomic mass is 28.4. The van der Waals surface area contributed by atoms with E-state index in [1.54, 1.807) is 14.2 Å². The van der Waals surface area contributed by atoms with Crippen molar-refractivity contribution in [3.63, 3.8) is 0 Å². The Morgan fingerprint density at radius 1 is 0.391 bits per heavy atom. The topological polar surface area (TPSA) is 24.9 Å². The summed E-state index contributed by atoms with van der Waals surface area (Å²) in [6.45, 7) is 6.30. The van der Waals surface area contributed by atoms with Crippen molar-refractivity contribution in [3.05, 3.63) is 163 Å². The summed E-state index contributed by atoms with van der Waals surface area (Å²) in [6.07, 6.45) is 0. The molecule has 0 saturated carbocycles. The molecule has 0 bridgehead atoms. The van der Waals surface area contributed by atoms with Gasteiger partial charge in [-0.05, 0) is 110 Å². The van der Waals surface area contributed by atoms with E-state index in [9.17, 15) is 0 Å². The summed E-state index contributed by atoms with van der Waals surface area (Å²) >= 11 is 0. The largest absolute Gasteiger partial charge is 0.394 e. The van der Waals surface area contributed by atoms with Crippen LogP contribution in [-0.2, 0) is 8.85 Å². The second-order valence-corrected chi connectivity index (χ2v) is 15.0. The van der Waals surface area contributed by atoms with Crippen LogP contribution in [0.15, 0.2) is 152 Å². The molecule has 6 rings (SSSR count). The Bertz CT molecular complexity index is 1810. The lowest BCUT2D eigenvalue weighted by Crippen LogP contribution is -2.49. The second kappa shape index (κ2) is 13.6. The summed E-state index contributed by atoms with van der Waals surface area (Å²) < 4.78 is 11.5. The van der Waals surface area contributed by atoms with Crippen LogP contribution < -0.4 is 15.0 Å². The fourth-order valence-corrected chi connectivity index (χ4v) is 7.11. The van der Waals surface area contributed by atoms with Gasteiger partial charge in [0, 0.05) is 48.3 Å². The number of nitrogens with zero attached hydrogens (tertiary/aromatic N) is 2. The molecule has 6 aromatic rings. The molecule has 0 amide bonds. The molecule has 0 spiro atoms. The molecule has 0 unspecified atom stereocenters. The predicted molar refractivity (Wildman–Crippen MR) is 196 cm³/mol. The third-order valence-corrected chi connectivity index (χ3v) is 11.6. The van der Waals surface area contributed by atoms with Gasteiger partial charge in [0.05, 0.1) is 0 Å². The highest BCUT2D eigenvalue weighted by Gasteiger charge is 2.31. The summed E-state index contributed by atoms with van der Waals surface area (Å²) in [6, 6.07) is 54.0. The maximum atomic E-state index is 5.77. The van der Waals surface area contributed by atoms with Crippen molar-refractivity contribution in [2.24, 2.45) is 0 Å². The van der Waals surface area contributed by atoms with Crippen LogP contribution in [0.3, 0.4) is 0 Å². The van der Waals surface area contributed by atoms with E-state index in [0.717, 1.165) is 44.9 Å². The fourth-order valence-electron chi connectivity index (χ4n) is 5.70. The van der Waals surface area contributed by atoms with Crippen molar-refractivity contribution in [1.29, 1.82) is 0 Å². The molecule has 46 heavy (non-hydrogen) atoms. The third-order valence-electron chi connectivity index (χ3n) is 8.61. The highest BCUT2D eigenvalue weighted by Crippen LogP contribution is 2.38. The molecule has 0 heterocycles. The standard InChI is InChI=1S/C41H40N2O2Si/c1-31-11-19-36(20-12-31)43(37-21-13-32(2)14-22-37)39-25-17-34(18-26-39)33-15-23-38(24-16-33)42(35-9-7-6-8-10-35)40-27-29-41(30-28-40)46(5,44-3)45-4/h6-30H,1-5H3. The van der Waals surface area contributed by atoms with Crippen molar-refractivity contribution >= 4 is 47.9 Å². The normalized spacial score (nSPS) is 11.3. The Balaban J connectivity index is 1.30. The zero-order valence-electron chi connectivity index (χ0n) is 27.1. The monoisotopic (exact) mass is 620 g/mol. The first kappa shape index (κ1) is 31.1. The average molecular weight is 621 g/mol. The van der Waals surface area contributed by atoms with Gasteiger partial charge in [-0.2, -0.15) is 0 Å². The molecule has 5 heteroatoms. The van der Waals surface area contributed by atoms with Gasteiger partial charge in [-0.1, -0.05) is 90.0 Å². The quantitative estimate of drug-likeness (QED) is 0.142. The summed E-state index contributed by atoms with van der Waals surface area (Å²) in [5.74, 6) is 0. The van der Waals surface area contributed by atoms with E-state index in [4.69, 9.17) is 8.85 Å². The van der Waals surface area contributed by atoms with E-state index >= 15 is 0 Å². The molecule has 6 aromatic carbocycles. The molecule has 230 valence electrons. The number of hydrogen-bond acceptors (Lipinski definition) is 4. The van der Waals surface area contributed by atoms with Crippen LogP contribution in [0, 0.1) is 13.8 Å². The van der Waals surface area contributed by atoms with Crippen LogP contribution in [0.4, 0.5) is 34.1 Å². The zero-order valence-corrected chi connectivity index (χ0v) is 28.1. The molecule has 0 radical (unpaired) electrons. The molecule has 4 nitrogen and oxygen atoms in total. The van der Waals surface area contributed by atoms with Gasteiger partial charge in [-0.15, -0.1) is 0 Å². The van der Waals surface area contributed by atoms with E-state index in [1.165, 1.54) is 16.7 Å². The minimum Gasteiger partial charge on any atom is -0.394 e. The van der Waals surface area contributed by atoms with Crippen molar-refractivity contribution < 1.29 is 8.85 Å². The molecule has 0 aromatic heterocycles. The maximum absolute atomic E-state index is 5.77. The molecular weight excluding hydrogens is 581 g/mol. The summed E-state index contributed by atoms with van der Waals surface area (Å²) in [7, 11) is 1.03. The fraction of sp³-hybridized carbons (Fsp3) is 0.122. The molecule has 0 aliphatic rings. The van der Waals surface area contributed by atoms with Crippen molar-refractivity contribution in [2.45, 2.75) is 20.4 Å². The van der Waals surface area contributed by atoms with Crippen LogP contribution in [-0.4, -0.2) is 22.8 Å². The predicted octanol–water partition coefficient (Wildman–Crippen LogP) is 10.5. The molecule has 0 atom stereocenters. The summed E-state index contributed by atoms with van der Waals surface area (Å²) in [5, 5.41) is 1.09. The summed E-state index contributed by atoms with van der Waals surface area (Å²) in [4.78, 5) is 4.58. The Labute approximate surface area is 274 Å². The lowest BCUT2D eigenvalue weighted by molar-refractivity contribution is 0.265. The van der Waals surface area contributed by atoms with E-state index in [0.29, 0.717) is 0 Å². The van der Waals surface area contributed by atoms with E-state index < -0.39 is 8.56 Å². The Kier molecular flexibility index (Phi) is 9.17. The van der Waals surface area contributed by atoms with Gasteiger partial charge in [0.15, 0.2) is 0 Å². The number of para-hydroxylation sites is 1. The zero-order chi connectivity index (χ0) is 32.1. The molecule has 0 fully saturated rings. The SMILES string of the molecule is CO[Si](C)(OC)c1ccc(N(c2ccccc2)c2ccc(-c3ccc(N(c4ccc(C)cc4)c4ccc(C)cc4)cc3)cc2)cc1. The molecular formula is C41H40N2O2Si. The van der Waals surface area contributed by atoms with Crippen LogP contribution in [0.1, 0.15) is 11.1 Å². The van der Waals surface area contributed by atoms with Crippen LogP contribution in [0.25, 0.3) is 11.1 Å². The minimum atomic E-state index is -2.41. The van der Waals surface area contributed by atoms with Gasteiger partial charge < -0.3 is 18.7 Å². The smallest absolute Gasteiger partial charge is 0.368 e. The molecule has 0 aliphatic carbocycles. The number of rotatable bonds is 10. The van der Waals surface area contributed by atoms with Crippen molar-refractivity contribution in [1.82, 2.24) is 0 Å². The molecule has 0 N–H and O–H groups in total. The first-order chi connectivity index (χ1) is 22.4. The summed E-state index contributed by atoms with van der Waals surface area (Å²) in [5.41, 5.74) is 11.5. The Morgan fingerprint density at radius 2 is 0.696 bits per heavy atom. The first-order valence-electron chi connectivity index (χ1n) is 15.6. The third kappa shape index (κ3) is 6.53. The lowest BCUT2D eigenvalue weighted by atomic mass is 10.0. The van der Waals surface area contributed by atoms with Crippen molar-refractivity contribution in [2.75, 3.05) is 24.0 Å².